The largest absolute Gasteiger partial charge is 0.296 e. The molecule has 126 valence electrons. The average molecular weight is 327 g/mol. The Morgan fingerprint density at radius 3 is 2.27 bits per heavy atom. The van der Waals surface area contributed by atoms with Crippen LogP contribution in [0.25, 0.3) is 0 Å². The highest BCUT2D eigenvalue weighted by molar-refractivity contribution is 7.92. The Kier molecular flexibility index (Phi) is 4.24. The fourth-order valence-electron chi connectivity index (χ4n) is 3.16. The first-order chi connectivity index (χ1) is 9.85. The van der Waals surface area contributed by atoms with Gasteiger partial charge in [0.05, 0.1) is 21.7 Å². The highest BCUT2D eigenvalue weighted by atomic mass is 32.2. The number of hydrogen-bond donors (Lipinski definition) is 0. The quantitative estimate of drug-likeness (QED) is 0.836. The Bertz CT molecular complexity index is 666. The van der Waals surface area contributed by atoms with Gasteiger partial charge in [0.25, 0.3) is 0 Å². The molecule has 0 unspecified atom stereocenters. The molecule has 6 heteroatoms. The van der Waals surface area contributed by atoms with E-state index in [1.807, 2.05) is 20.8 Å². The van der Waals surface area contributed by atoms with Gasteiger partial charge in [-0.1, -0.05) is 0 Å². The van der Waals surface area contributed by atoms with Crippen LogP contribution in [0.1, 0.15) is 51.6 Å². The molecule has 5 nitrogen and oxygen atoms in total. The number of sulfone groups is 1. The normalized spacial score (nSPS) is 22.0. The molecule has 0 atom stereocenters. The molecular weight excluding hydrogens is 298 g/mol. The molecule has 1 aliphatic heterocycles. The average Bonchev–Trinajstić information content (AvgIpc) is 2.61. The third kappa shape index (κ3) is 3.08. The second-order valence-electron chi connectivity index (χ2n) is 8.02. The van der Waals surface area contributed by atoms with Crippen LogP contribution in [-0.4, -0.2) is 46.7 Å². The van der Waals surface area contributed by atoms with Crippen molar-refractivity contribution in [3.8, 4) is 0 Å². The van der Waals surface area contributed by atoms with Gasteiger partial charge in [0.1, 0.15) is 0 Å². The van der Waals surface area contributed by atoms with Crippen molar-refractivity contribution in [3.63, 3.8) is 0 Å². The van der Waals surface area contributed by atoms with Crippen molar-refractivity contribution in [2.75, 3.05) is 18.8 Å². The van der Waals surface area contributed by atoms with Gasteiger partial charge in [-0.05, 0) is 48.5 Å². The SMILES string of the molecule is Cc1nn(C(C)(C)C)c(C)c1CN1CCS(=O)(=O)C(C)(C)C1. The molecule has 0 amide bonds. The van der Waals surface area contributed by atoms with Crippen LogP contribution in [0.4, 0.5) is 0 Å². The molecule has 1 aromatic rings. The predicted molar refractivity (Wildman–Crippen MR) is 89.8 cm³/mol. The molecule has 0 aromatic carbocycles. The first-order valence-corrected chi connectivity index (χ1v) is 9.51. The second-order valence-corrected chi connectivity index (χ2v) is 10.8. The highest BCUT2D eigenvalue weighted by Crippen LogP contribution is 2.27. The minimum absolute atomic E-state index is 0.0440. The number of nitrogens with zero attached hydrogens (tertiary/aromatic N) is 3. The molecular formula is C16H29N3O2S. The van der Waals surface area contributed by atoms with E-state index in [0.717, 1.165) is 12.2 Å². The van der Waals surface area contributed by atoms with Crippen LogP contribution in [0.3, 0.4) is 0 Å². The molecule has 1 aromatic heterocycles. The van der Waals surface area contributed by atoms with E-state index in [0.29, 0.717) is 13.1 Å². The summed E-state index contributed by atoms with van der Waals surface area (Å²) in [5.41, 5.74) is 3.40. The summed E-state index contributed by atoms with van der Waals surface area (Å²) in [4.78, 5) is 2.24. The van der Waals surface area contributed by atoms with E-state index in [4.69, 9.17) is 0 Å². The van der Waals surface area contributed by atoms with Crippen LogP contribution in [0.5, 0.6) is 0 Å². The van der Waals surface area contributed by atoms with Crippen LogP contribution in [0.15, 0.2) is 0 Å². The minimum atomic E-state index is -2.99. The second kappa shape index (κ2) is 5.34. The lowest BCUT2D eigenvalue weighted by Crippen LogP contribution is -2.52. The van der Waals surface area contributed by atoms with Crippen LogP contribution in [-0.2, 0) is 21.9 Å². The van der Waals surface area contributed by atoms with Crippen molar-refractivity contribution in [1.82, 2.24) is 14.7 Å². The van der Waals surface area contributed by atoms with E-state index in [2.05, 4.69) is 42.4 Å². The van der Waals surface area contributed by atoms with Crippen LogP contribution < -0.4 is 0 Å². The maximum absolute atomic E-state index is 12.1. The summed E-state index contributed by atoms with van der Waals surface area (Å²) in [6, 6.07) is 0. The van der Waals surface area contributed by atoms with Crippen LogP contribution in [0.2, 0.25) is 0 Å². The van der Waals surface area contributed by atoms with Gasteiger partial charge in [-0.15, -0.1) is 0 Å². The highest BCUT2D eigenvalue weighted by Gasteiger charge is 2.40. The van der Waals surface area contributed by atoms with E-state index < -0.39 is 14.6 Å². The lowest BCUT2D eigenvalue weighted by Gasteiger charge is -2.37. The zero-order valence-electron chi connectivity index (χ0n) is 14.9. The van der Waals surface area contributed by atoms with Crippen molar-refractivity contribution in [3.05, 3.63) is 17.0 Å². The van der Waals surface area contributed by atoms with Gasteiger partial charge in [0.15, 0.2) is 9.84 Å². The fraction of sp³-hybridized carbons (Fsp3) is 0.812. The lowest BCUT2D eigenvalue weighted by molar-refractivity contribution is 0.240. The topological polar surface area (TPSA) is 55.2 Å². The maximum Gasteiger partial charge on any atom is 0.157 e. The standard InChI is InChI=1S/C16H29N3O2S/c1-12-14(13(2)19(17-12)15(3,4)5)10-18-8-9-22(20,21)16(6,7)11-18/h8-11H2,1-7H3. The summed E-state index contributed by atoms with van der Waals surface area (Å²) in [5.74, 6) is 0.242. The van der Waals surface area contributed by atoms with Crippen molar-refractivity contribution < 1.29 is 8.42 Å². The molecule has 0 bridgehead atoms. The first-order valence-electron chi connectivity index (χ1n) is 7.85. The molecule has 0 spiro atoms. The summed E-state index contributed by atoms with van der Waals surface area (Å²) in [6.07, 6.45) is 0. The number of rotatable bonds is 2. The van der Waals surface area contributed by atoms with Gasteiger partial charge in [0.2, 0.25) is 0 Å². The Morgan fingerprint density at radius 1 is 1.23 bits per heavy atom. The molecule has 2 heterocycles. The van der Waals surface area contributed by atoms with Crippen molar-refractivity contribution >= 4 is 9.84 Å². The third-order valence-electron chi connectivity index (χ3n) is 4.58. The lowest BCUT2D eigenvalue weighted by atomic mass is 10.1. The Labute approximate surface area is 134 Å². The van der Waals surface area contributed by atoms with E-state index in [-0.39, 0.29) is 11.3 Å². The molecule has 0 N–H and O–H groups in total. The first kappa shape index (κ1) is 17.5. The van der Waals surface area contributed by atoms with Gasteiger partial charge in [-0.25, -0.2) is 8.42 Å². The van der Waals surface area contributed by atoms with Crippen molar-refractivity contribution in [2.45, 2.75) is 65.3 Å². The predicted octanol–water partition coefficient (Wildman–Crippen LogP) is 2.26. The summed E-state index contributed by atoms with van der Waals surface area (Å²) in [5, 5.41) is 4.68. The maximum atomic E-state index is 12.1. The Hall–Kier alpha value is -0.880. The summed E-state index contributed by atoms with van der Waals surface area (Å²) in [6.45, 7) is 16.2. The Balaban J connectivity index is 2.25. The number of hydrogen-bond acceptors (Lipinski definition) is 4. The molecule has 0 saturated carbocycles. The van der Waals surface area contributed by atoms with Crippen molar-refractivity contribution in [1.29, 1.82) is 0 Å². The third-order valence-corrected chi connectivity index (χ3v) is 7.11. The van der Waals surface area contributed by atoms with Gasteiger partial charge in [-0.2, -0.15) is 5.10 Å². The zero-order valence-corrected chi connectivity index (χ0v) is 15.7. The van der Waals surface area contributed by atoms with Gasteiger partial charge >= 0.3 is 0 Å². The van der Waals surface area contributed by atoms with Crippen molar-refractivity contribution in [2.24, 2.45) is 0 Å². The molecule has 0 aliphatic carbocycles. The van der Waals surface area contributed by atoms with Gasteiger partial charge in [0, 0.05) is 30.9 Å². The zero-order chi connectivity index (χ0) is 16.9. The molecule has 1 aliphatic rings. The van der Waals surface area contributed by atoms with Gasteiger partial charge in [-0.3, -0.25) is 9.58 Å². The number of aromatic nitrogens is 2. The monoisotopic (exact) mass is 327 g/mol. The molecule has 1 saturated heterocycles. The van der Waals surface area contributed by atoms with Crippen LogP contribution >= 0.6 is 0 Å². The van der Waals surface area contributed by atoms with Gasteiger partial charge < -0.3 is 0 Å². The smallest absolute Gasteiger partial charge is 0.157 e. The van der Waals surface area contributed by atoms with E-state index in [1.165, 1.54) is 11.3 Å². The van der Waals surface area contributed by atoms with E-state index in [1.54, 1.807) is 0 Å². The minimum Gasteiger partial charge on any atom is -0.296 e. The molecule has 22 heavy (non-hydrogen) atoms. The summed E-state index contributed by atoms with van der Waals surface area (Å²) >= 11 is 0. The molecule has 1 fully saturated rings. The summed E-state index contributed by atoms with van der Waals surface area (Å²) in [7, 11) is -2.99. The fourth-order valence-corrected chi connectivity index (χ4v) is 4.59. The summed E-state index contributed by atoms with van der Waals surface area (Å²) < 4.78 is 25.7. The Morgan fingerprint density at radius 2 is 1.82 bits per heavy atom. The molecule has 2 rings (SSSR count). The molecule has 0 radical (unpaired) electrons. The number of aryl methyl sites for hydroxylation is 1. The van der Waals surface area contributed by atoms with Crippen LogP contribution in [0, 0.1) is 13.8 Å². The van der Waals surface area contributed by atoms with E-state index in [9.17, 15) is 8.42 Å². The van der Waals surface area contributed by atoms with E-state index >= 15 is 0 Å².